The molecule has 1 saturated heterocycles. The van der Waals surface area contributed by atoms with Gasteiger partial charge >= 0.3 is 5.97 Å². The smallest absolute Gasteiger partial charge is 0.351 e. The van der Waals surface area contributed by atoms with E-state index in [9.17, 15) is 18.0 Å². The highest BCUT2D eigenvalue weighted by Crippen LogP contribution is 2.46. The maximum Gasteiger partial charge on any atom is 0.351 e. The molecule has 0 aliphatic carbocycles. The summed E-state index contributed by atoms with van der Waals surface area (Å²) in [6, 6.07) is 24.3. The first-order valence-electron chi connectivity index (χ1n) is 14.4. The second-order valence-electron chi connectivity index (χ2n) is 10.7. The van der Waals surface area contributed by atoms with Crippen molar-refractivity contribution < 1.29 is 27.5 Å². The number of methoxy groups -OCH3 is 1. The number of halogens is 1. The van der Waals surface area contributed by atoms with Crippen molar-refractivity contribution in [3.05, 3.63) is 99.9 Å². The Morgan fingerprint density at radius 3 is 2.42 bits per heavy atom. The predicted molar refractivity (Wildman–Crippen MR) is 179 cm³/mol. The third kappa shape index (κ3) is 8.04. The number of amides is 1. The average molecular weight is 668 g/mol. The summed E-state index contributed by atoms with van der Waals surface area (Å²) in [5.41, 5.74) is 3.94. The Kier molecular flexibility index (Phi) is 10.4. The van der Waals surface area contributed by atoms with Crippen LogP contribution in [0.25, 0.3) is 10.4 Å². The lowest BCUT2D eigenvalue weighted by Gasteiger charge is -2.32. The lowest BCUT2D eigenvalue weighted by atomic mass is 10.1. The summed E-state index contributed by atoms with van der Waals surface area (Å²) in [6.07, 6.45) is 1.32. The van der Waals surface area contributed by atoms with Crippen LogP contribution in [-0.4, -0.2) is 57.4 Å². The van der Waals surface area contributed by atoms with Gasteiger partial charge in [-0.25, -0.2) is 17.5 Å². The summed E-state index contributed by atoms with van der Waals surface area (Å²) in [7, 11) is -2.13. The summed E-state index contributed by atoms with van der Waals surface area (Å²) in [5.74, 6) is -0.933. The molecular weight excluding hydrogens is 634 g/mol. The Morgan fingerprint density at radius 1 is 1.00 bits per heavy atom. The number of piperidine rings is 1. The number of hydrogen-bond donors (Lipinski definition) is 2. The summed E-state index contributed by atoms with van der Waals surface area (Å²) >= 11 is 7.88. The van der Waals surface area contributed by atoms with Crippen molar-refractivity contribution in [1.29, 1.82) is 0 Å². The lowest BCUT2D eigenvalue weighted by Crippen LogP contribution is -2.42. The van der Waals surface area contributed by atoms with E-state index in [1.165, 1.54) is 7.11 Å². The number of benzene rings is 3. The van der Waals surface area contributed by atoms with Crippen molar-refractivity contribution >= 4 is 56.2 Å². The normalized spacial score (nSPS) is 14.1. The van der Waals surface area contributed by atoms with Crippen LogP contribution in [0.1, 0.15) is 33.6 Å². The van der Waals surface area contributed by atoms with Gasteiger partial charge in [0.2, 0.25) is 10.0 Å². The molecule has 1 amide bonds. The molecule has 9 nitrogen and oxygen atoms in total. The van der Waals surface area contributed by atoms with E-state index in [1.807, 2.05) is 79.7 Å². The molecule has 0 radical (unpaired) electrons. The molecule has 0 saturated carbocycles. The van der Waals surface area contributed by atoms with E-state index in [0.29, 0.717) is 36.5 Å². The number of nitrogens with one attached hydrogen (secondary N) is 2. The first-order chi connectivity index (χ1) is 21.6. The number of sulfonamides is 1. The molecular formula is C33H34ClN3O6S2. The standard InChI is InChI=1S/C33H34ClN3O6S2/c1-22-9-6-7-14-27(22)36-28(38)20-43-30-29(34)31(44-32(30)33(39)42-2)24-12-8-13-26(19-24)35-25-15-17-37(18-16-25)45(40,41)21-23-10-4-3-5-11-23/h3-14,19,25,35H,15-18,20-21H2,1-2H3,(H,36,38). The Bertz CT molecular complexity index is 1770. The molecule has 1 aromatic heterocycles. The van der Waals surface area contributed by atoms with Gasteiger partial charge in [-0.05, 0) is 54.7 Å². The number of ether oxygens (including phenoxy) is 2. The van der Waals surface area contributed by atoms with E-state index in [0.717, 1.165) is 33.7 Å². The Labute approximate surface area is 272 Å². The van der Waals surface area contributed by atoms with Gasteiger partial charge in [-0.2, -0.15) is 0 Å². The molecule has 2 heterocycles. The quantitative estimate of drug-likeness (QED) is 0.174. The van der Waals surface area contributed by atoms with Gasteiger partial charge in [-0.1, -0.05) is 72.3 Å². The van der Waals surface area contributed by atoms with Crippen LogP contribution >= 0.6 is 22.9 Å². The van der Waals surface area contributed by atoms with Crippen molar-refractivity contribution in [1.82, 2.24) is 4.31 Å². The number of para-hydroxylation sites is 1. The fourth-order valence-corrected chi connectivity index (χ4v) is 8.16. The van der Waals surface area contributed by atoms with E-state index in [1.54, 1.807) is 10.4 Å². The lowest BCUT2D eigenvalue weighted by molar-refractivity contribution is -0.118. The zero-order valence-electron chi connectivity index (χ0n) is 24.9. The summed E-state index contributed by atoms with van der Waals surface area (Å²) in [6.45, 7) is 2.40. The van der Waals surface area contributed by atoms with Crippen molar-refractivity contribution in [2.75, 3.05) is 37.4 Å². The average Bonchev–Trinajstić information content (AvgIpc) is 3.37. The third-order valence-electron chi connectivity index (χ3n) is 7.48. The number of esters is 1. The molecule has 0 bridgehead atoms. The first kappa shape index (κ1) is 32.5. The molecule has 0 spiro atoms. The number of rotatable bonds is 11. The van der Waals surface area contributed by atoms with Gasteiger partial charge in [0.1, 0.15) is 5.02 Å². The Morgan fingerprint density at radius 2 is 1.71 bits per heavy atom. The van der Waals surface area contributed by atoms with Crippen molar-refractivity contribution in [2.45, 2.75) is 31.6 Å². The molecule has 0 unspecified atom stereocenters. The molecule has 1 aliphatic rings. The Hall–Kier alpha value is -3.90. The topological polar surface area (TPSA) is 114 Å². The highest BCUT2D eigenvalue weighted by atomic mass is 35.5. The summed E-state index contributed by atoms with van der Waals surface area (Å²) in [5, 5.41) is 6.53. The van der Waals surface area contributed by atoms with Crippen LogP contribution in [0, 0.1) is 6.92 Å². The van der Waals surface area contributed by atoms with Crippen molar-refractivity contribution in [3.8, 4) is 16.2 Å². The van der Waals surface area contributed by atoms with Crippen LogP contribution in [0.5, 0.6) is 5.75 Å². The minimum Gasteiger partial charge on any atom is -0.480 e. The fraction of sp³-hybridized carbons (Fsp3) is 0.273. The molecule has 1 fully saturated rings. The molecule has 12 heteroatoms. The number of carbonyl (C=O) groups is 2. The fourth-order valence-electron chi connectivity index (χ4n) is 5.12. The molecule has 5 rings (SSSR count). The van der Waals surface area contributed by atoms with Crippen molar-refractivity contribution in [3.63, 3.8) is 0 Å². The first-order valence-corrected chi connectivity index (χ1v) is 17.2. The number of thiophene rings is 1. The third-order valence-corrected chi connectivity index (χ3v) is 11.0. The number of nitrogens with zero attached hydrogens (tertiary/aromatic N) is 1. The predicted octanol–water partition coefficient (Wildman–Crippen LogP) is 6.59. The van der Waals surface area contributed by atoms with Crippen LogP contribution in [0.15, 0.2) is 78.9 Å². The van der Waals surface area contributed by atoms with E-state index in [-0.39, 0.29) is 34.1 Å². The number of hydrogen-bond acceptors (Lipinski definition) is 8. The van der Waals surface area contributed by atoms with Gasteiger partial charge in [0, 0.05) is 30.5 Å². The molecule has 3 aromatic carbocycles. The Balaban J connectivity index is 1.25. The minimum atomic E-state index is -3.40. The van der Waals surface area contributed by atoms with Gasteiger partial charge in [0.05, 0.1) is 17.7 Å². The monoisotopic (exact) mass is 667 g/mol. The summed E-state index contributed by atoms with van der Waals surface area (Å²) < 4.78 is 38.2. The number of anilines is 2. The highest BCUT2D eigenvalue weighted by molar-refractivity contribution is 7.88. The van der Waals surface area contributed by atoms with Crippen LogP contribution < -0.4 is 15.4 Å². The van der Waals surface area contributed by atoms with Gasteiger partial charge < -0.3 is 20.1 Å². The second kappa shape index (κ2) is 14.5. The highest BCUT2D eigenvalue weighted by Gasteiger charge is 2.29. The van der Waals surface area contributed by atoms with Crippen LogP contribution in [0.3, 0.4) is 0 Å². The zero-order chi connectivity index (χ0) is 32.0. The van der Waals surface area contributed by atoms with Gasteiger partial charge in [0.25, 0.3) is 5.91 Å². The van der Waals surface area contributed by atoms with E-state index >= 15 is 0 Å². The molecule has 4 aromatic rings. The van der Waals surface area contributed by atoms with Crippen LogP contribution in [0.4, 0.5) is 11.4 Å². The molecule has 0 atom stereocenters. The maximum absolute atomic E-state index is 13.0. The molecule has 2 N–H and O–H groups in total. The van der Waals surface area contributed by atoms with Crippen molar-refractivity contribution in [2.24, 2.45) is 0 Å². The summed E-state index contributed by atoms with van der Waals surface area (Å²) in [4.78, 5) is 26.0. The van der Waals surface area contributed by atoms with Gasteiger partial charge in [-0.15, -0.1) is 11.3 Å². The SMILES string of the molecule is COC(=O)c1sc(-c2cccc(NC3CCN(S(=O)(=O)Cc4ccccc4)CC3)c2)c(Cl)c1OCC(=O)Nc1ccccc1C. The zero-order valence-corrected chi connectivity index (χ0v) is 27.3. The maximum atomic E-state index is 13.0. The van der Waals surface area contributed by atoms with Crippen LogP contribution in [0.2, 0.25) is 5.02 Å². The van der Waals surface area contributed by atoms with E-state index < -0.39 is 21.9 Å². The largest absolute Gasteiger partial charge is 0.480 e. The van der Waals surface area contributed by atoms with Crippen LogP contribution in [-0.2, 0) is 25.3 Å². The van der Waals surface area contributed by atoms with E-state index in [2.05, 4.69) is 10.6 Å². The molecule has 45 heavy (non-hydrogen) atoms. The molecule has 236 valence electrons. The van der Waals surface area contributed by atoms with Gasteiger partial charge in [-0.3, -0.25) is 4.79 Å². The minimum absolute atomic E-state index is 0.00775. The number of aryl methyl sites for hydroxylation is 1. The van der Waals surface area contributed by atoms with Gasteiger partial charge in [0.15, 0.2) is 17.2 Å². The number of carbonyl (C=O) groups excluding carboxylic acids is 2. The molecule has 1 aliphatic heterocycles. The van der Waals surface area contributed by atoms with E-state index in [4.69, 9.17) is 21.1 Å². The second-order valence-corrected chi connectivity index (χ2v) is 14.1.